The standard InChI is InChI=1S/C20H27BFNO5/c1-13(24)23-12-16(21-27-19(2,3)20(4,5)28-21)10-14-6-7-15(17(22)11-14)8-9-18(25)26/h6-7,10-11H,8-9,12H2,1-5H3,(H,23,24)(H,25,26). The Balaban J connectivity index is 2.28. The molecule has 1 aromatic carbocycles. The van der Waals surface area contributed by atoms with Gasteiger partial charge in [0.05, 0.1) is 11.2 Å². The van der Waals surface area contributed by atoms with Crippen molar-refractivity contribution in [3.8, 4) is 0 Å². The van der Waals surface area contributed by atoms with Gasteiger partial charge in [-0.3, -0.25) is 9.59 Å². The molecule has 152 valence electrons. The molecule has 6 nitrogen and oxygen atoms in total. The first-order chi connectivity index (χ1) is 12.9. The lowest BCUT2D eigenvalue weighted by Gasteiger charge is -2.32. The number of aryl methyl sites for hydroxylation is 1. The van der Waals surface area contributed by atoms with Gasteiger partial charge in [-0.15, -0.1) is 0 Å². The molecule has 1 saturated heterocycles. The molecule has 8 heteroatoms. The third-order valence-electron chi connectivity index (χ3n) is 5.13. The van der Waals surface area contributed by atoms with E-state index in [4.69, 9.17) is 14.4 Å². The highest BCUT2D eigenvalue weighted by molar-refractivity contribution is 6.56. The number of aliphatic carboxylic acids is 1. The van der Waals surface area contributed by atoms with Crippen molar-refractivity contribution in [2.24, 2.45) is 0 Å². The minimum absolute atomic E-state index is 0.126. The fraction of sp³-hybridized carbons (Fsp3) is 0.500. The third kappa shape index (κ3) is 5.42. The first-order valence-corrected chi connectivity index (χ1v) is 9.22. The average Bonchev–Trinajstić information content (AvgIpc) is 2.78. The number of halogens is 1. The summed E-state index contributed by atoms with van der Waals surface area (Å²) < 4.78 is 26.4. The molecule has 28 heavy (non-hydrogen) atoms. The number of carboxylic acid groups (broad SMARTS) is 1. The molecule has 1 aliphatic heterocycles. The molecule has 0 aliphatic carbocycles. The van der Waals surface area contributed by atoms with Crippen molar-refractivity contribution in [3.63, 3.8) is 0 Å². The number of carbonyl (C=O) groups excluding carboxylic acids is 1. The van der Waals surface area contributed by atoms with Crippen LogP contribution in [0.3, 0.4) is 0 Å². The second-order valence-electron chi connectivity index (χ2n) is 7.96. The third-order valence-corrected chi connectivity index (χ3v) is 5.13. The van der Waals surface area contributed by atoms with Gasteiger partial charge < -0.3 is 19.7 Å². The van der Waals surface area contributed by atoms with Gasteiger partial charge in [-0.05, 0) is 56.8 Å². The second-order valence-corrected chi connectivity index (χ2v) is 7.96. The number of carbonyl (C=O) groups is 2. The molecule has 1 aromatic rings. The van der Waals surface area contributed by atoms with Gasteiger partial charge in [0.25, 0.3) is 0 Å². The number of nitrogens with one attached hydrogen (secondary N) is 1. The largest absolute Gasteiger partial charge is 0.492 e. The van der Waals surface area contributed by atoms with Gasteiger partial charge in [-0.1, -0.05) is 18.2 Å². The van der Waals surface area contributed by atoms with Crippen LogP contribution in [0.5, 0.6) is 0 Å². The lowest BCUT2D eigenvalue weighted by Crippen LogP contribution is -2.41. The quantitative estimate of drug-likeness (QED) is 0.699. The summed E-state index contributed by atoms with van der Waals surface area (Å²) >= 11 is 0. The maximum atomic E-state index is 14.3. The van der Waals surface area contributed by atoms with Gasteiger partial charge in [0.1, 0.15) is 5.82 Å². The van der Waals surface area contributed by atoms with Crippen molar-refractivity contribution in [1.29, 1.82) is 0 Å². The number of hydrogen-bond donors (Lipinski definition) is 2. The zero-order chi connectivity index (χ0) is 21.1. The highest BCUT2D eigenvalue weighted by Gasteiger charge is 2.52. The van der Waals surface area contributed by atoms with E-state index in [2.05, 4.69) is 5.32 Å². The number of rotatable bonds is 7. The molecule has 0 aromatic heterocycles. The van der Waals surface area contributed by atoms with Gasteiger partial charge in [-0.25, -0.2) is 4.39 Å². The summed E-state index contributed by atoms with van der Waals surface area (Å²) in [6, 6.07) is 4.62. The predicted octanol–water partition coefficient (Wildman–Crippen LogP) is 2.99. The van der Waals surface area contributed by atoms with Gasteiger partial charge in [0.15, 0.2) is 0 Å². The van der Waals surface area contributed by atoms with Crippen molar-refractivity contribution in [2.75, 3.05) is 6.54 Å². The Labute approximate surface area is 165 Å². The van der Waals surface area contributed by atoms with Crippen molar-refractivity contribution in [1.82, 2.24) is 5.32 Å². The summed E-state index contributed by atoms with van der Waals surface area (Å²) in [5.41, 5.74) is 0.495. The van der Waals surface area contributed by atoms with Crippen LogP contribution in [-0.4, -0.2) is 41.8 Å². The molecule has 1 fully saturated rings. The maximum Gasteiger partial charge on any atom is 0.492 e. The molecule has 2 N–H and O–H groups in total. The molecular formula is C20H27BFNO5. The Bertz CT molecular complexity index is 775. The van der Waals surface area contributed by atoms with E-state index in [0.29, 0.717) is 16.6 Å². The van der Waals surface area contributed by atoms with Crippen molar-refractivity contribution in [2.45, 2.75) is 58.7 Å². The number of amides is 1. The van der Waals surface area contributed by atoms with Crippen molar-refractivity contribution < 1.29 is 28.4 Å². The van der Waals surface area contributed by atoms with E-state index in [0.717, 1.165) is 0 Å². The number of hydrogen-bond acceptors (Lipinski definition) is 4. The number of carboxylic acids is 1. The zero-order valence-electron chi connectivity index (χ0n) is 17.0. The molecule has 0 unspecified atom stereocenters. The maximum absolute atomic E-state index is 14.3. The molecule has 1 amide bonds. The van der Waals surface area contributed by atoms with Crippen molar-refractivity contribution in [3.05, 3.63) is 40.6 Å². The molecule has 2 rings (SSSR count). The Morgan fingerprint density at radius 1 is 1.21 bits per heavy atom. The van der Waals surface area contributed by atoms with Gasteiger partial charge >= 0.3 is 13.1 Å². The topological polar surface area (TPSA) is 84.9 Å². The van der Waals surface area contributed by atoms with Crippen LogP contribution in [0.1, 0.15) is 52.2 Å². The highest BCUT2D eigenvalue weighted by Crippen LogP contribution is 2.38. The van der Waals surface area contributed by atoms with E-state index in [1.807, 2.05) is 27.7 Å². The van der Waals surface area contributed by atoms with E-state index >= 15 is 0 Å². The minimum atomic E-state index is -0.971. The van der Waals surface area contributed by atoms with Crippen LogP contribution in [0.25, 0.3) is 6.08 Å². The lowest BCUT2D eigenvalue weighted by atomic mass is 9.77. The Kier molecular flexibility index (Phi) is 6.67. The summed E-state index contributed by atoms with van der Waals surface area (Å²) in [6.45, 7) is 9.34. The molecule has 1 heterocycles. The lowest BCUT2D eigenvalue weighted by molar-refractivity contribution is -0.137. The van der Waals surface area contributed by atoms with E-state index in [-0.39, 0.29) is 25.3 Å². The molecule has 0 radical (unpaired) electrons. The van der Waals surface area contributed by atoms with Crippen LogP contribution in [0.4, 0.5) is 4.39 Å². The molecule has 0 atom stereocenters. The fourth-order valence-electron chi connectivity index (χ4n) is 2.74. The molecule has 0 spiro atoms. The smallest absolute Gasteiger partial charge is 0.481 e. The summed E-state index contributed by atoms with van der Waals surface area (Å²) in [4.78, 5) is 22.0. The minimum Gasteiger partial charge on any atom is -0.481 e. The molecular weight excluding hydrogens is 364 g/mol. The normalized spacial score (nSPS) is 18.2. The molecule has 1 aliphatic rings. The van der Waals surface area contributed by atoms with E-state index in [9.17, 15) is 14.0 Å². The van der Waals surface area contributed by atoms with Crippen LogP contribution in [-0.2, 0) is 25.3 Å². The highest BCUT2D eigenvalue weighted by atomic mass is 19.1. The van der Waals surface area contributed by atoms with Crippen LogP contribution in [0, 0.1) is 5.82 Å². The fourth-order valence-corrected chi connectivity index (χ4v) is 2.74. The van der Waals surface area contributed by atoms with Gasteiger partial charge in [0, 0.05) is 19.9 Å². The summed E-state index contributed by atoms with van der Waals surface area (Å²) in [6.07, 6.45) is 1.72. The van der Waals surface area contributed by atoms with Crippen LogP contribution < -0.4 is 5.32 Å². The van der Waals surface area contributed by atoms with Crippen LogP contribution in [0.2, 0.25) is 0 Å². The second kappa shape index (κ2) is 8.45. The summed E-state index contributed by atoms with van der Waals surface area (Å²) in [5.74, 6) is -1.64. The first kappa shape index (κ1) is 22.1. The Morgan fingerprint density at radius 2 is 1.82 bits per heavy atom. The van der Waals surface area contributed by atoms with Gasteiger partial charge in [0.2, 0.25) is 5.91 Å². The van der Waals surface area contributed by atoms with Crippen molar-refractivity contribution >= 4 is 25.1 Å². The summed E-state index contributed by atoms with van der Waals surface area (Å²) in [5, 5.41) is 11.5. The zero-order valence-corrected chi connectivity index (χ0v) is 17.0. The number of benzene rings is 1. The SMILES string of the molecule is CC(=O)NCC(=Cc1ccc(CCC(=O)O)c(F)c1)B1OC(C)(C)C(C)(C)O1. The van der Waals surface area contributed by atoms with E-state index in [1.54, 1.807) is 18.2 Å². The van der Waals surface area contributed by atoms with Gasteiger partial charge in [-0.2, -0.15) is 0 Å². The summed E-state index contributed by atoms with van der Waals surface area (Å²) in [7, 11) is -0.674. The predicted molar refractivity (Wildman–Crippen MR) is 105 cm³/mol. The van der Waals surface area contributed by atoms with E-state index in [1.165, 1.54) is 13.0 Å². The average molecular weight is 391 g/mol. The monoisotopic (exact) mass is 391 g/mol. The Morgan fingerprint density at radius 3 is 2.32 bits per heavy atom. The van der Waals surface area contributed by atoms with E-state index < -0.39 is 30.1 Å². The first-order valence-electron chi connectivity index (χ1n) is 9.22. The van der Waals surface area contributed by atoms with Crippen LogP contribution >= 0.6 is 0 Å². The Hall–Kier alpha value is -2.19. The van der Waals surface area contributed by atoms with Crippen LogP contribution in [0.15, 0.2) is 23.7 Å². The molecule has 0 saturated carbocycles. The molecule has 0 bridgehead atoms.